The zero-order valence-corrected chi connectivity index (χ0v) is 12.0. The second-order valence-corrected chi connectivity index (χ2v) is 5.38. The molecule has 0 saturated carbocycles. The first-order chi connectivity index (χ1) is 9.63. The van der Waals surface area contributed by atoms with Crippen LogP contribution in [-0.2, 0) is 16.1 Å². The summed E-state index contributed by atoms with van der Waals surface area (Å²) in [5.74, 6) is -0.301. The fourth-order valence-corrected chi connectivity index (χ4v) is 2.55. The van der Waals surface area contributed by atoms with E-state index in [4.69, 9.17) is 10.5 Å². The second kappa shape index (κ2) is 7.38. The first kappa shape index (κ1) is 15.0. The molecule has 5 heteroatoms. The standard InChI is InChI=1S/C15H23N3O2/c1-17(12-15(16)19)10-14-11-18(7-8-20-14)9-13-5-3-2-4-6-13/h2-6,14H,7-12H2,1H3,(H2,16,19)/t14-/m0/s1. The van der Waals surface area contributed by atoms with Crippen LogP contribution in [0.15, 0.2) is 30.3 Å². The zero-order valence-electron chi connectivity index (χ0n) is 12.0. The van der Waals surface area contributed by atoms with Crippen LogP contribution in [0, 0.1) is 0 Å². The molecular formula is C15H23N3O2. The smallest absolute Gasteiger partial charge is 0.231 e. The van der Waals surface area contributed by atoms with Gasteiger partial charge in [0.15, 0.2) is 0 Å². The van der Waals surface area contributed by atoms with Gasteiger partial charge in [-0.15, -0.1) is 0 Å². The van der Waals surface area contributed by atoms with Gasteiger partial charge in [-0.1, -0.05) is 30.3 Å². The Morgan fingerprint density at radius 1 is 1.45 bits per heavy atom. The first-order valence-corrected chi connectivity index (χ1v) is 6.98. The first-order valence-electron chi connectivity index (χ1n) is 6.98. The molecule has 20 heavy (non-hydrogen) atoms. The lowest BCUT2D eigenvalue weighted by molar-refractivity contribution is -0.119. The summed E-state index contributed by atoms with van der Waals surface area (Å²) in [5, 5.41) is 0. The van der Waals surface area contributed by atoms with E-state index in [1.165, 1.54) is 5.56 Å². The van der Waals surface area contributed by atoms with Gasteiger partial charge in [-0.05, 0) is 12.6 Å². The summed E-state index contributed by atoms with van der Waals surface area (Å²) < 4.78 is 5.76. The van der Waals surface area contributed by atoms with Crippen molar-refractivity contribution in [1.82, 2.24) is 9.80 Å². The van der Waals surface area contributed by atoms with Crippen LogP contribution in [0.5, 0.6) is 0 Å². The monoisotopic (exact) mass is 277 g/mol. The Morgan fingerprint density at radius 2 is 2.20 bits per heavy atom. The van der Waals surface area contributed by atoms with Crippen molar-refractivity contribution in [2.75, 3.05) is 39.8 Å². The maximum Gasteiger partial charge on any atom is 0.231 e. The molecule has 2 rings (SSSR count). The molecule has 0 aromatic heterocycles. The second-order valence-electron chi connectivity index (χ2n) is 5.38. The molecule has 1 aliphatic rings. The Kier molecular flexibility index (Phi) is 5.52. The van der Waals surface area contributed by atoms with Crippen LogP contribution >= 0.6 is 0 Å². The number of hydrogen-bond acceptors (Lipinski definition) is 4. The van der Waals surface area contributed by atoms with E-state index in [0.29, 0.717) is 0 Å². The van der Waals surface area contributed by atoms with Crippen LogP contribution in [0.25, 0.3) is 0 Å². The molecule has 0 bridgehead atoms. The van der Waals surface area contributed by atoms with Crippen LogP contribution < -0.4 is 5.73 Å². The van der Waals surface area contributed by atoms with E-state index in [0.717, 1.165) is 32.8 Å². The van der Waals surface area contributed by atoms with Gasteiger partial charge in [-0.3, -0.25) is 14.6 Å². The lowest BCUT2D eigenvalue weighted by Crippen LogP contribution is -2.47. The number of morpholine rings is 1. The third-order valence-corrected chi connectivity index (χ3v) is 3.41. The molecule has 1 aromatic carbocycles. The number of amides is 1. The highest BCUT2D eigenvalue weighted by molar-refractivity contribution is 5.75. The van der Waals surface area contributed by atoms with Crippen molar-refractivity contribution >= 4 is 5.91 Å². The highest BCUT2D eigenvalue weighted by Crippen LogP contribution is 2.11. The molecule has 0 spiro atoms. The lowest BCUT2D eigenvalue weighted by atomic mass is 10.2. The van der Waals surface area contributed by atoms with E-state index in [1.807, 2.05) is 18.0 Å². The SMILES string of the molecule is CN(CC(N)=O)C[C@H]1CN(Cc2ccccc2)CCO1. The molecule has 1 atom stereocenters. The van der Waals surface area contributed by atoms with Crippen LogP contribution in [0.4, 0.5) is 0 Å². The molecule has 1 amide bonds. The number of primary amides is 1. The molecular weight excluding hydrogens is 254 g/mol. The average molecular weight is 277 g/mol. The van der Waals surface area contributed by atoms with Crippen LogP contribution in [0.2, 0.25) is 0 Å². The quantitative estimate of drug-likeness (QED) is 0.813. The number of carbonyl (C=O) groups is 1. The summed E-state index contributed by atoms with van der Waals surface area (Å²) in [5.41, 5.74) is 6.51. The van der Waals surface area contributed by atoms with Crippen molar-refractivity contribution in [3.8, 4) is 0 Å². The molecule has 5 nitrogen and oxygen atoms in total. The van der Waals surface area contributed by atoms with E-state index in [2.05, 4.69) is 29.2 Å². The summed E-state index contributed by atoms with van der Waals surface area (Å²) in [6.07, 6.45) is 0.136. The van der Waals surface area contributed by atoms with Crippen molar-refractivity contribution in [3.05, 3.63) is 35.9 Å². The maximum atomic E-state index is 10.9. The Hall–Kier alpha value is -1.43. The predicted octanol–water partition coefficient (Wildman–Crippen LogP) is 0.305. The van der Waals surface area contributed by atoms with Gasteiger partial charge in [0, 0.05) is 26.2 Å². The van der Waals surface area contributed by atoms with Crippen molar-refractivity contribution in [2.45, 2.75) is 12.6 Å². The number of carbonyl (C=O) groups excluding carboxylic acids is 1. The third-order valence-electron chi connectivity index (χ3n) is 3.41. The number of rotatable bonds is 6. The van der Waals surface area contributed by atoms with Gasteiger partial charge in [-0.2, -0.15) is 0 Å². The van der Waals surface area contributed by atoms with Crippen LogP contribution in [-0.4, -0.2) is 61.6 Å². The molecule has 1 heterocycles. The number of nitrogens with two attached hydrogens (primary N) is 1. The highest BCUT2D eigenvalue weighted by atomic mass is 16.5. The summed E-state index contributed by atoms with van der Waals surface area (Å²) >= 11 is 0. The summed E-state index contributed by atoms with van der Waals surface area (Å²) in [4.78, 5) is 15.2. The molecule has 1 aromatic rings. The Labute approximate surface area is 120 Å². The Balaban J connectivity index is 1.81. The van der Waals surface area contributed by atoms with Crippen molar-refractivity contribution in [1.29, 1.82) is 0 Å². The summed E-state index contributed by atoms with van der Waals surface area (Å²) in [6.45, 7) is 4.53. The van der Waals surface area contributed by atoms with Crippen molar-refractivity contribution < 1.29 is 9.53 Å². The van der Waals surface area contributed by atoms with Crippen molar-refractivity contribution in [3.63, 3.8) is 0 Å². The van der Waals surface area contributed by atoms with Crippen molar-refractivity contribution in [2.24, 2.45) is 5.73 Å². The van der Waals surface area contributed by atoms with Crippen LogP contribution in [0.1, 0.15) is 5.56 Å². The summed E-state index contributed by atoms with van der Waals surface area (Å²) in [7, 11) is 1.89. The van der Waals surface area contributed by atoms with E-state index < -0.39 is 0 Å². The molecule has 1 fully saturated rings. The van der Waals surface area contributed by atoms with Gasteiger partial charge in [0.05, 0.1) is 19.3 Å². The van der Waals surface area contributed by atoms with Gasteiger partial charge in [-0.25, -0.2) is 0 Å². The van der Waals surface area contributed by atoms with E-state index in [-0.39, 0.29) is 18.6 Å². The number of hydrogen-bond donors (Lipinski definition) is 1. The van der Waals surface area contributed by atoms with Gasteiger partial charge in [0.25, 0.3) is 0 Å². The molecule has 110 valence electrons. The minimum Gasteiger partial charge on any atom is -0.374 e. The fraction of sp³-hybridized carbons (Fsp3) is 0.533. The topological polar surface area (TPSA) is 58.8 Å². The Morgan fingerprint density at radius 3 is 2.90 bits per heavy atom. The normalized spacial score (nSPS) is 20.2. The molecule has 0 unspecified atom stereocenters. The lowest BCUT2D eigenvalue weighted by Gasteiger charge is -2.34. The maximum absolute atomic E-state index is 10.9. The molecule has 0 aliphatic carbocycles. The van der Waals surface area contributed by atoms with Gasteiger partial charge >= 0.3 is 0 Å². The Bertz CT molecular complexity index is 424. The molecule has 0 radical (unpaired) electrons. The largest absolute Gasteiger partial charge is 0.374 e. The van der Waals surface area contributed by atoms with E-state index in [9.17, 15) is 4.79 Å². The summed E-state index contributed by atoms with van der Waals surface area (Å²) in [6, 6.07) is 10.4. The molecule has 1 aliphatic heterocycles. The average Bonchev–Trinajstić information content (AvgIpc) is 2.39. The number of likely N-dealkylation sites (N-methyl/N-ethyl adjacent to an activating group) is 1. The highest BCUT2D eigenvalue weighted by Gasteiger charge is 2.22. The zero-order chi connectivity index (χ0) is 14.4. The number of nitrogens with zero attached hydrogens (tertiary/aromatic N) is 2. The third kappa shape index (κ3) is 4.92. The number of benzene rings is 1. The number of ether oxygens (including phenoxy) is 1. The fourth-order valence-electron chi connectivity index (χ4n) is 2.55. The molecule has 1 saturated heterocycles. The predicted molar refractivity (Wildman–Crippen MR) is 78.2 cm³/mol. The van der Waals surface area contributed by atoms with E-state index in [1.54, 1.807) is 0 Å². The molecule has 2 N–H and O–H groups in total. The van der Waals surface area contributed by atoms with Gasteiger partial charge in [0.2, 0.25) is 5.91 Å². The minimum absolute atomic E-state index is 0.136. The van der Waals surface area contributed by atoms with Crippen LogP contribution in [0.3, 0.4) is 0 Å². The minimum atomic E-state index is -0.301. The van der Waals surface area contributed by atoms with Gasteiger partial charge in [0.1, 0.15) is 0 Å². The van der Waals surface area contributed by atoms with E-state index >= 15 is 0 Å². The van der Waals surface area contributed by atoms with Gasteiger partial charge < -0.3 is 10.5 Å².